The predicted octanol–water partition coefficient (Wildman–Crippen LogP) is 13.3. The average Bonchev–Trinajstić information content (AvgIpc) is 3.76. The fraction of sp³-hybridized carbons (Fsp3) is 0. The molecule has 8 aromatic carbocycles. The number of fused-ring (bicyclic) bond motifs is 6. The molecule has 2 heterocycles. The molecule has 0 spiro atoms. The van der Waals surface area contributed by atoms with Gasteiger partial charge in [-0.2, -0.15) is 0 Å². The van der Waals surface area contributed by atoms with Crippen molar-refractivity contribution in [2.24, 2.45) is 0 Å². The molecule has 2 nitrogen and oxygen atoms in total. The molecule has 234 valence electrons. The van der Waals surface area contributed by atoms with Gasteiger partial charge < -0.3 is 9.97 Å². The van der Waals surface area contributed by atoms with E-state index < -0.39 is 0 Å². The maximum Gasteiger partial charge on any atom is 0.0465 e. The number of hydrogen-bond acceptors (Lipinski definition) is 0. The summed E-state index contributed by atoms with van der Waals surface area (Å²) in [7, 11) is 0. The van der Waals surface area contributed by atoms with E-state index in [0.29, 0.717) is 0 Å². The Morgan fingerprint density at radius 1 is 0.200 bits per heavy atom. The molecule has 0 radical (unpaired) electrons. The molecule has 0 fully saturated rings. The third kappa shape index (κ3) is 4.89. The van der Waals surface area contributed by atoms with Crippen LogP contribution < -0.4 is 0 Å². The van der Waals surface area contributed by atoms with Gasteiger partial charge in [0.25, 0.3) is 0 Å². The second kappa shape index (κ2) is 11.5. The van der Waals surface area contributed by atoms with Crippen LogP contribution >= 0.6 is 0 Å². The lowest BCUT2D eigenvalue weighted by Gasteiger charge is -2.10. The van der Waals surface area contributed by atoms with E-state index in [2.05, 4.69) is 192 Å². The molecule has 50 heavy (non-hydrogen) atoms. The summed E-state index contributed by atoms with van der Waals surface area (Å²) in [6.07, 6.45) is 0. The number of rotatable bonds is 5. The van der Waals surface area contributed by atoms with Crippen molar-refractivity contribution in [1.82, 2.24) is 9.97 Å². The Kier molecular flexibility index (Phi) is 6.53. The number of H-pyrrole nitrogens is 2. The molecular weight excluding hydrogens is 605 g/mol. The van der Waals surface area contributed by atoms with Crippen molar-refractivity contribution in [3.63, 3.8) is 0 Å². The van der Waals surface area contributed by atoms with Crippen LogP contribution in [-0.2, 0) is 0 Å². The van der Waals surface area contributed by atoms with Crippen LogP contribution in [0.15, 0.2) is 182 Å². The van der Waals surface area contributed by atoms with Crippen molar-refractivity contribution in [3.8, 4) is 55.6 Å². The number of hydrogen-bond donors (Lipinski definition) is 2. The minimum Gasteiger partial charge on any atom is -0.355 e. The number of para-hydroxylation sites is 2. The number of benzene rings is 8. The first kappa shape index (κ1) is 28.4. The van der Waals surface area contributed by atoms with Crippen molar-refractivity contribution < 1.29 is 0 Å². The van der Waals surface area contributed by atoms with Crippen LogP contribution in [0.1, 0.15) is 0 Å². The predicted molar refractivity (Wildman–Crippen MR) is 212 cm³/mol. The van der Waals surface area contributed by atoms with Crippen LogP contribution in [0.4, 0.5) is 0 Å². The summed E-state index contributed by atoms with van der Waals surface area (Å²) in [6.45, 7) is 0. The molecule has 0 amide bonds. The number of nitrogens with one attached hydrogen (secondary N) is 2. The van der Waals surface area contributed by atoms with Crippen molar-refractivity contribution >= 4 is 43.6 Å². The Morgan fingerprint density at radius 3 is 0.900 bits per heavy atom. The molecule has 0 aliphatic heterocycles. The van der Waals surface area contributed by atoms with Crippen LogP contribution in [0, 0.1) is 0 Å². The molecule has 2 aromatic heterocycles. The molecular formula is C48H32N2. The second-order valence-electron chi connectivity index (χ2n) is 13.2. The largest absolute Gasteiger partial charge is 0.355 e. The first-order valence-corrected chi connectivity index (χ1v) is 17.2. The van der Waals surface area contributed by atoms with E-state index in [4.69, 9.17) is 0 Å². The molecule has 10 aromatic rings. The molecule has 0 unspecified atom stereocenters. The van der Waals surface area contributed by atoms with Gasteiger partial charge in [0.1, 0.15) is 0 Å². The standard InChI is InChI=1S/C48H32N2/c1-3-13-45-41(11-1)43-29-39(23-25-47(43)49-45)33-19-15-31(16-20-33)35-7-5-9-37(27-35)38-10-6-8-36(28-38)32-17-21-34(22-18-32)40-24-26-48-44(30-40)42-12-2-4-14-46(42)50-48/h1-30,49-50H. The zero-order valence-electron chi connectivity index (χ0n) is 27.3. The molecule has 0 aliphatic rings. The van der Waals surface area contributed by atoms with Gasteiger partial charge in [0, 0.05) is 43.6 Å². The summed E-state index contributed by atoms with van der Waals surface area (Å²) in [4.78, 5) is 7.07. The fourth-order valence-corrected chi connectivity index (χ4v) is 7.52. The normalized spacial score (nSPS) is 11.6. The van der Waals surface area contributed by atoms with Crippen molar-refractivity contribution in [2.75, 3.05) is 0 Å². The second-order valence-corrected chi connectivity index (χ2v) is 13.2. The summed E-state index contributed by atoms with van der Waals surface area (Å²) >= 11 is 0. The lowest BCUT2D eigenvalue weighted by molar-refractivity contribution is 1.54. The summed E-state index contributed by atoms with van der Waals surface area (Å²) in [6, 6.07) is 66.0. The Labute approximate surface area is 290 Å². The summed E-state index contributed by atoms with van der Waals surface area (Å²) in [5.74, 6) is 0. The highest BCUT2D eigenvalue weighted by molar-refractivity contribution is 6.09. The maximum atomic E-state index is 3.53. The fourth-order valence-electron chi connectivity index (χ4n) is 7.52. The molecule has 10 rings (SSSR count). The molecule has 0 aliphatic carbocycles. The first-order chi connectivity index (χ1) is 24.7. The van der Waals surface area contributed by atoms with Crippen LogP contribution in [0.3, 0.4) is 0 Å². The molecule has 2 N–H and O–H groups in total. The smallest absolute Gasteiger partial charge is 0.0465 e. The van der Waals surface area contributed by atoms with E-state index in [1.807, 2.05) is 0 Å². The van der Waals surface area contributed by atoms with Crippen LogP contribution in [0.5, 0.6) is 0 Å². The van der Waals surface area contributed by atoms with Gasteiger partial charge in [-0.25, -0.2) is 0 Å². The van der Waals surface area contributed by atoms with E-state index in [0.717, 1.165) is 0 Å². The monoisotopic (exact) mass is 636 g/mol. The van der Waals surface area contributed by atoms with Gasteiger partial charge in [0.15, 0.2) is 0 Å². The highest BCUT2D eigenvalue weighted by Crippen LogP contribution is 2.35. The van der Waals surface area contributed by atoms with Crippen molar-refractivity contribution in [2.45, 2.75) is 0 Å². The van der Waals surface area contributed by atoms with E-state index in [-0.39, 0.29) is 0 Å². The van der Waals surface area contributed by atoms with Gasteiger partial charge in [0.05, 0.1) is 0 Å². The zero-order chi connectivity index (χ0) is 33.0. The summed E-state index contributed by atoms with van der Waals surface area (Å²) in [5.41, 5.74) is 16.8. The van der Waals surface area contributed by atoms with Gasteiger partial charge in [0.2, 0.25) is 0 Å². The quantitative estimate of drug-likeness (QED) is 0.188. The van der Waals surface area contributed by atoms with E-state index in [1.54, 1.807) is 0 Å². The van der Waals surface area contributed by atoms with Gasteiger partial charge in [-0.1, -0.05) is 133 Å². The minimum atomic E-state index is 1.17. The molecule has 0 bridgehead atoms. The van der Waals surface area contributed by atoms with Crippen molar-refractivity contribution in [1.29, 1.82) is 0 Å². The highest BCUT2D eigenvalue weighted by atomic mass is 14.7. The lowest BCUT2D eigenvalue weighted by Crippen LogP contribution is -1.85. The van der Waals surface area contributed by atoms with Gasteiger partial charge >= 0.3 is 0 Å². The Hall–Kier alpha value is -6.64. The van der Waals surface area contributed by atoms with E-state index in [9.17, 15) is 0 Å². The molecule has 0 atom stereocenters. The zero-order valence-corrected chi connectivity index (χ0v) is 27.3. The van der Waals surface area contributed by atoms with Crippen LogP contribution in [0.25, 0.3) is 99.2 Å². The average molecular weight is 637 g/mol. The minimum absolute atomic E-state index is 1.17. The Morgan fingerprint density at radius 2 is 0.500 bits per heavy atom. The summed E-state index contributed by atoms with van der Waals surface area (Å²) in [5, 5.41) is 5.05. The Bertz CT molecular complexity index is 2650. The first-order valence-electron chi connectivity index (χ1n) is 17.2. The molecule has 0 saturated heterocycles. The SMILES string of the molecule is c1cc(-c2ccc(-c3ccc4[nH]c5ccccc5c4c3)cc2)cc(-c2cccc(-c3ccc(-c4ccc5[nH]c6ccccc6c5c4)cc3)c2)c1. The van der Waals surface area contributed by atoms with Gasteiger partial charge in [-0.15, -0.1) is 0 Å². The topological polar surface area (TPSA) is 31.6 Å². The third-order valence-corrected chi connectivity index (χ3v) is 10.2. The van der Waals surface area contributed by atoms with Gasteiger partial charge in [-0.05, 0) is 104 Å². The Balaban J connectivity index is 0.911. The maximum absolute atomic E-state index is 3.53. The summed E-state index contributed by atoms with van der Waals surface area (Å²) < 4.78 is 0. The lowest BCUT2D eigenvalue weighted by atomic mass is 9.94. The highest BCUT2D eigenvalue weighted by Gasteiger charge is 2.10. The van der Waals surface area contributed by atoms with E-state index >= 15 is 0 Å². The van der Waals surface area contributed by atoms with Crippen LogP contribution in [0.2, 0.25) is 0 Å². The van der Waals surface area contributed by atoms with Gasteiger partial charge in [-0.3, -0.25) is 0 Å². The third-order valence-electron chi connectivity index (χ3n) is 10.2. The van der Waals surface area contributed by atoms with E-state index in [1.165, 1.54) is 99.2 Å². The number of aromatic amines is 2. The van der Waals surface area contributed by atoms with Crippen molar-refractivity contribution in [3.05, 3.63) is 182 Å². The molecule has 0 saturated carbocycles. The molecule has 2 heteroatoms. The van der Waals surface area contributed by atoms with Crippen LogP contribution in [-0.4, -0.2) is 9.97 Å². The number of aromatic nitrogens is 2.